The fourth-order valence-electron chi connectivity index (χ4n) is 2.77. The molecular weight excluding hydrogens is 240 g/mol. The van der Waals surface area contributed by atoms with E-state index < -0.39 is 0 Å². The molecule has 2 aliphatic heterocycles. The van der Waals surface area contributed by atoms with E-state index in [-0.39, 0.29) is 5.91 Å². The topological polar surface area (TPSA) is 50.4 Å². The molecule has 0 radical (unpaired) electrons. The summed E-state index contributed by atoms with van der Waals surface area (Å²) in [6, 6.07) is 5.88. The van der Waals surface area contributed by atoms with E-state index in [1.807, 2.05) is 18.2 Å². The van der Waals surface area contributed by atoms with Gasteiger partial charge in [-0.25, -0.2) is 0 Å². The van der Waals surface area contributed by atoms with Crippen molar-refractivity contribution in [1.82, 2.24) is 5.32 Å². The summed E-state index contributed by atoms with van der Waals surface area (Å²) in [4.78, 5) is 12.0. The molecule has 102 valence electrons. The Labute approximate surface area is 113 Å². The monoisotopic (exact) mass is 260 g/mol. The van der Waals surface area contributed by atoms with Crippen LogP contribution in [0.1, 0.15) is 35.2 Å². The molecule has 1 saturated heterocycles. The highest BCUT2D eigenvalue weighted by Crippen LogP contribution is 2.23. The highest BCUT2D eigenvalue weighted by molar-refractivity contribution is 5.95. The third-order valence-electron chi connectivity index (χ3n) is 3.85. The van der Waals surface area contributed by atoms with E-state index in [9.17, 15) is 4.79 Å². The molecule has 1 aromatic carbocycles. The number of hydrogen-bond acceptors (Lipinski definition) is 3. The van der Waals surface area contributed by atoms with Gasteiger partial charge in [0.05, 0.1) is 6.10 Å². The summed E-state index contributed by atoms with van der Waals surface area (Å²) in [5.74, 6) is 0.0210. The zero-order valence-electron chi connectivity index (χ0n) is 11.1. The standard InChI is InChI=1S/C15H20N2O2/c18-15(17-8-6-13-2-1-9-19-13)12-3-4-14-11(10-12)5-7-16-14/h3-4,10,13,16H,1-2,5-9H2,(H,17,18). The number of anilines is 1. The Morgan fingerprint density at radius 1 is 1.47 bits per heavy atom. The van der Waals surface area contributed by atoms with Crippen LogP contribution in [0.25, 0.3) is 0 Å². The van der Waals surface area contributed by atoms with Crippen LogP contribution in [0.3, 0.4) is 0 Å². The molecule has 1 amide bonds. The van der Waals surface area contributed by atoms with Crippen LogP contribution in [0.5, 0.6) is 0 Å². The molecule has 1 fully saturated rings. The Hall–Kier alpha value is -1.55. The van der Waals surface area contributed by atoms with Crippen LogP contribution in [0.15, 0.2) is 18.2 Å². The Bertz CT molecular complexity index is 467. The molecule has 4 heteroatoms. The van der Waals surface area contributed by atoms with Gasteiger partial charge in [0, 0.05) is 30.9 Å². The second-order valence-electron chi connectivity index (χ2n) is 5.23. The average molecular weight is 260 g/mol. The molecule has 1 atom stereocenters. The largest absolute Gasteiger partial charge is 0.384 e. The maximum atomic E-state index is 12.0. The number of benzene rings is 1. The van der Waals surface area contributed by atoms with Gasteiger partial charge in [0.1, 0.15) is 0 Å². The molecule has 2 N–H and O–H groups in total. The summed E-state index contributed by atoms with van der Waals surface area (Å²) in [5, 5.41) is 6.28. The van der Waals surface area contributed by atoms with Crippen molar-refractivity contribution >= 4 is 11.6 Å². The molecule has 1 unspecified atom stereocenters. The first-order valence-electron chi connectivity index (χ1n) is 7.09. The number of carbonyl (C=O) groups excluding carboxylic acids is 1. The fraction of sp³-hybridized carbons (Fsp3) is 0.533. The predicted molar refractivity (Wildman–Crippen MR) is 74.6 cm³/mol. The molecule has 0 saturated carbocycles. The molecule has 2 aliphatic rings. The highest BCUT2D eigenvalue weighted by atomic mass is 16.5. The lowest BCUT2D eigenvalue weighted by Gasteiger charge is -2.10. The molecular formula is C15H20N2O2. The molecule has 0 aliphatic carbocycles. The maximum absolute atomic E-state index is 12.0. The quantitative estimate of drug-likeness (QED) is 0.870. The van der Waals surface area contributed by atoms with Crippen molar-refractivity contribution in [3.63, 3.8) is 0 Å². The van der Waals surface area contributed by atoms with Crippen molar-refractivity contribution in [2.45, 2.75) is 31.8 Å². The molecule has 3 rings (SSSR count). The zero-order chi connectivity index (χ0) is 13.1. The van der Waals surface area contributed by atoms with Crippen LogP contribution >= 0.6 is 0 Å². The number of hydrogen-bond donors (Lipinski definition) is 2. The van der Waals surface area contributed by atoms with Crippen molar-refractivity contribution in [1.29, 1.82) is 0 Å². The summed E-state index contributed by atoms with van der Waals surface area (Å²) >= 11 is 0. The van der Waals surface area contributed by atoms with Crippen molar-refractivity contribution in [2.24, 2.45) is 0 Å². The highest BCUT2D eigenvalue weighted by Gasteiger charge is 2.16. The number of amides is 1. The molecule has 4 nitrogen and oxygen atoms in total. The lowest BCUT2D eigenvalue weighted by Crippen LogP contribution is -2.27. The Kier molecular flexibility index (Phi) is 3.69. The summed E-state index contributed by atoms with van der Waals surface area (Å²) < 4.78 is 5.54. The SMILES string of the molecule is O=C(NCCC1CCCO1)c1ccc2c(c1)CCN2. The first-order chi connectivity index (χ1) is 9.33. The Balaban J connectivity index is 1.52. The van der Waals surface area contributed by atoms with Gasteiger partial charge in [-0.1, -0.05) is 0 Å². The lowest BCUT2D eigenvalue weighted by molar-refractivity contribution is 0.0907. The number of rotatable bonds is 4. The molecule has 19 heavy (non-hydrogen) atoms. The number of nitrogens with one attached hydrogen (secondary N) is 2. The Morgan fingerprint density at radius 2 is 2.42 bits per heavy atom. The van der Waals surface area contributed by atoms with Gasteiger partial charge in [-0.15, -0.1) is 0 Å². The van der Waals surface area contributed by atoms with Gasteiger partial charge < -0.3 is 15.4 Å². The minimum atomic E-state index is 0.0210. The molecule has 0 spiro atoms. The van der Waals surface area contributed by atoms with E-state index >= 15 is 0 Å². The maximum Gasteiger partial charge on any atom is 0.251 e. The lowest BCUT2D eigenvalue weighted by atomic mass is 10.1. The van der Waals surface area contributed by atoms with Gasteiger partial charge in [0.2, 0.25) is 0 Å². The van der Waals surface area contributed by atoms with E-state index in [0.29, 0.717) is 12.6 Å². The van der Waals surface area contributed by atoms with Gasteiger partial charge in [-0.05, 0) is 49.4 Å². The summed E-state index contributed by atoms with van der Waals surface area (Å²) in [6.07, 6.45) is 4.53. The zero-order valence-corrected chi connectivity index (χ0v) is 11.1. The molecule has 0 bridgehead atoms. The van der Waals surface area contributed by atoms with Gasteiger partial charge >= 0.3 is 0 Å². The van der Waals surface area contributed by atoms with Crippen molar-refractivity contribution < 1.29 is 9.53 Å². The Morgan fingerprint density at radius 3 is 3.26 bits per heavy atom. The third kappa shape index (κ3) is 2.89. The van der Waals surface area contributed by atoms with Gasteiger partial charge in [0.15, 0.2) is 0 Å². The van der Waals surface area contributed by atoms with Gasteiger partial charge in [-0.3, -0.25) is 4.79 Å². The minimum Gasteiger partial charge on any atom is -0.384 e. The summed E-state index contributed by atoms with van der Waals surface area (Å²) in [5.41, 5.74) is 3.16. The van der Waals surface area contributed by atoms with Crippen LogP contribution in [0.2, 0.25) is 0 Å². The molecule has 2 heterocycles. The van der Waals surface area contributed by atoms with Crippen LogP contribution in [0, 0.1) is 0 Å². The predicted octanol–water partition coefficient (Wildman–Crippen LogP) is 1.95. The number of ether oxygens (including phenoxy) is 1. The van der Waals surface area contributed by atoms with E-state index in [1.165, 1.54) is 5.56 Å². The summed E-state index contributed by atoms with van der Waals surface area (Å²) in [7, 11) is 0. The smallest absolute Gasteiger partial charge is 0.251 e. The van der Waals surface area contributed by atoms with Crippen LogP contribution in [-0.2, 0) is 11.2 Å². The molecule has 0 aromatic heterocycles. The number of carbonyl (C=O) groups is 1. The van der Waals surface area contributed by atoms with E-state index in [2.05, 4.69) is 10.6 Å². The average Bonchev–Trinajstić information content (AvgIpc) is 3.08. The summed E-state index contributed by atoms with van der Waals surface area (Å²) in [6.45, 7) is 2.54. The van der Waals surface area contributed by atoms with Gasteiger partial charge in [-0.2, -0.15) is 0 Å². The van der Waals surface area contributed by atoms with E-state index in [0.717, 1.165) is 50.1 Å². The molecule has 1 aromatic rings. The fourth-order valence-corrected chi connectivity index (χ4v) is 2.77. The third-order valence-corrected chi connectivity index (χ3v) is 3.85. The first kappa shape index (κ1) is 12.5. The minimum absolute atomic E-state index is 0.0210. The van der Waals surface area contributed by atoms with Crippen LogP contribution in [-0.4, -0.2) is 31.7 Å². The number of fused-ring (bicyclic) bond motifs is 1. The van der Waals surface area contributed by atoms with E-state index in [1.54, 1.807) is 0 Å². The van der Waals surface area contributed by atoms with Crippen molar-refractivity contribution in [3.8, 4) is 0 Å². The van der Waals surface area contributed by atoms with Crippen molar-refractivity contribution in [3.05, 3.63) is 29.3 Å². The van der Waals surface area contributed by atoms with Crippen LogP contribution < -0.4 is 10.6 Å². The second kappa shape index (κ2) is 5.61. The first-order valence-corrected chi connectivity index (χ1v) is 7.09. The normalized spacial score (nSPS) is 20.9. The van der Waals surface area contributed by atoms with E-state index in [4.69, 9.17) is 4.74 Å². The second-order valence-corrected chi connectivity index (χ2v) is 5.23. The van der Waals surface area contributed by atoms with Crippen LogP contribution in [0.4, 0.5) is 5.69 Å². The van der Waals surface area contributed by atoms with Crippen molar-refractivity contribution in [2.75, 3.05) is 25.0 Å². The van der Waals surface area contributed by atoms with Gasteiger partial charge in [0.25, 0.3) is 5.91 Å².